The topological polar surface area (TPSA) is 118 Å². The number of sulfonamides is 1. The largest absolute Gasteiger partial charge is 0.507 e. The highest BCUT2D eigenvalue weighted by atomic mass is 32.2. The zero-order valence-corrected chi connectivity index (χ0v) is 16.5. The van der Waals surface area contributed by atoms with Crippen LogP contribution in [0, 0.1) is 0 Å². The molecule has 0 saturated heterocycles. The zero-order chi connectivity index (χ0) is 20.3. The van der Waals surface area contributed by atoms with E-state index in [0.717, 1.165) is 5.56 Å². The lowest BCUT2D eigenvalue weighted by Gasteiger charge is -2.16. The Morgan fingerprint density at radius 2 is 1.54 bits per heavy atom. The van der Waals surface area contributed by atoms with Crippen molar-refractivity contribution in [3.8, 4) is 16.9 Å². The number of aromatic nitrogens is 2. The van der Waals surface area contributed by atoms with Gasteiger partial charge in [-0.25, -0.2) is 23.1 Å². The molecule has 3 rings (SSSR count). The average molecular weight is 398 g/mol. The van der Waals surface area contributed by atoms with Gasteiger partial charge < -0.3 is 10.8 Å². The first-order chi connectivity index (χ1) is 13.4. The second kappa shape index (κ2) is 7.85. The highest BCUT2D eigenvalue weighted by molar-refractivity contribution is 7.92. The third-order valence-corrected chi connectivity index (χ3v) is 5.66. The van der Waals surface area contributed by atoms with Gasteiger partial charge in [0.1, 0.15) is 5.75 Å². The predicted octanol–water partition coefficient (Wildman–Crippen LogP) is 3.36. The molecule has 0 radical (unpaired) electrons. The lowest BCUT2D eigenvalue weighted by atomic mass is 9.98. The molecule has 0 amide bonds. The smallest absolute Gasteiger partial charge is 0.264 e. The predicted molar refractivity (Wildman–Crippen MR) is 110 cm³/mol. The van der Waals surface area contributed by atoms with Crippen LogP contribution in [0.4, 0.5) is 11.6 Å². The molecule has 28 heavy (non-hydrogen) atoms. The number of hydrogen-bond donors (Lipinski definition) is 3. The summed E-state index contributed by atoms with van der Waals surface area (Å²) in [6.45, 7) is 3.84. The number of phenolic OH excluding ortho intramolecular Hbond substituents is 1. The maximum atomic E-state index is 12.6. The number of benzene rings is 2. The van der Waals surface area contributed by atoms with Crippen molar-refractivity contribution in [2.24, 2.45) is 0 Å². The number of hydrogen-bond acceptors (Lipinski definition) is 6. The van der Waals surface area contributed by atoms with Crippen molar-refractivity contribution in [2.75, 3.05) is 10.5 Å². The first-order valence-corrected chi connectivity index (χ1v) is 10.4. The summed E-state index contributed by atoms with van der Waals surface area (Å²) in [5.41, 5.74) is 8.77. The minimum Gasteiger partial charge on any atom is -0.507 e. The van der Waals surface area contributed by atoms with Crippen LogP contribution in [0.3, 0.4) is 0 Å². The fourth-order valence-electron chi connectivity index (χ4n) is 2.94. The molecule has 8 heteroatoms. The standard InChI is InChI=1S/C20H22N4O3S/c1-3-16-19(15-7-5-6-8-18(15)25)17(4-2)23-20(22-16)24-28(26,27)14-11-9-13(21)10-12-14/h5-12,25H,3-4,21H2,1-2H3,(H,22,23,24). The molecule has 0 aliphatic rings. The summed E-state index contributed by atoms with van der Waals surface area (Å²) in [6, 6.07) is 12.9. The van der Waals surface area contributed by atoms with Crippen LogP contribution < -0.4 is 10.5 Å². The number of aryl methyl sites for hydroxylation is 2. The lowest BCUT2D eigenvalue weighted by molar-refractivity contribution is 0.477. The molecule has 1 aromatic heterocycles. The van der Waals surface area contributed by atoms with Gasteiger partial charge in [-0.1, -0.05) is 32.0 Å². The Kier molecular flexibility index (Phi) is 5.51. The van der Waals surface area contributed by atoms with Crippen molar-refractivity contribution in [2.45, 2.75) is 31.6 Å². The Hall–Kier alpha value is -3.13. The Morgan fingerprint density at radius 1 is 0.964 bits per heavy atom. The molecule has 0 saturated carbocycles. The molecule has 146 valence electrons. The number of anilines is 2. The van der Waals surface area contributed by atoms with Gasteiger partial charge in [0.15, 0.2) is 0 Å². The normalized spacial score (nSPS) is 11.4. The fraction of sp³-hybridized carbons (Fsp3) is 0.200. The van der Waals surface area contributed by atoms with Crippen molar-refractivity contribution in [1.29, 1.82) is 0 Å². The number of para-hydroxylation sites is 1. The van der Waals surface area contributed by atoms with Gasteiger partial charge in [0, 0.05) is 16.8 Å². The van der Waals surface area contributed by atoms with Crippen molar-refractivity contribution < 1.29 is 13.5 Å². The summed E-state index contributed by atoms with van der Waals surface area (Å²) in [5, 5.41) is 10.3. The molecule has 0 unspecified atom stereocenters. The van der Waals surface area contributed by atoms with E-state index in [1.165, 1.54) is 24.3 Å². The van der Waals surface area contributed by atoms with E-state index >= 15 is 0 Å². The Labute approximate surface area is 164 Å². The van der Waals surface area contributed by atoms with Crippen LogP contribution >= 0.6 is 0 Å². The maximum absolute atomic E-state index is 12.6. The SMILES string of the molecule is CCc1nc(NS(=O)(=O)c2ccc(N)cc2)nc(CC)c1-c1ccccc1O. The molecule has 2 aromatic carbocycles. The van der Waals surface area contributed by atoms with E-state index in [1.54, 1.807) is 18.2 Å². The minimum atomic E-state index is -3.85. The van der Waals surface area contributed by atoms with E-state index in [-0.39, 0.29) is 16.6 Å². The summed E-state index contributed by atoms with van der Waals surface area (Å²) >= 11 is 0. The molecule has 0 spiro atoms. The van der Waals surface area contributed by atoms with Gasteiger partial charge in [-0.15, -0.1) is 0 Å². The van der Waals surface area contributed by atoms with Crippen LogP contribution in [0.2, 0.25) is 0 Å². The van der Waals surface area contributed by atoms with E-state index in [9.17, 15) is 13.5 Å². The summed E-state index contributed by atoms with van der Waals surface area (Å²) in [6.07, 6.45) is 1.10. The van der Waals surface area contributed by atoms with Gasteiger partial charge in [0.2, 0.25) is 5.95 Å². The highest BCUT2D eigenvalue weighted by Gasteiger charge is 2.20. The monoisotopic (exact) mass is 398 g/mol. The van der Waals surface area contributed by atoms with Crippen LogP contribution in [0.25, 0.3) is 11.1 Å². The molecule has 0 atom stereocenters. The summed E-state index contributed by atoms with van der Waals surface area (Å²) in [5.74, 6) is 0.135. The molecule has 7 nitrogen and oxygen atoms in total. The van der Waals surface area contributed by atoms with Crippen LogP contribution in [-0.4, -0.2) is 23.5 Å². The van der Waals surface area contributed by atoms with E-state index in [0.29, 0.717) is 35.5 Å². The lowest BCUT2D eigenvalue weighted by Crippen LogP contribution is -2.17. The first kappa shape index (κ1) is 19.6. The third-order valence-electron chi connectivity index (χ3n) is 4.32. The number of rotatable bonds is 6. The Morgan fingerprint density at radius 3 is 2.07 bits per heavy atom. The quantitative estimate of drug-likeness (QED) is 0.548. The van der Waals surface area contributed by atoms with Crippen LogP contribution in [0.5, 0.6) is 5.75 Å². The molecule has 0 aliphatic heterocycles. The van der Waals surface area contributed by atoms with Gasteiger partial charge in [0.25, 0.3) is 10.0 Å². The summed E-state index contributed by atoms with van der Waals surface area (Å²) in [4.78, 5) is 8.89. The zero-order valence-electron chi connectivity index (χ0n) is 15.7. The number of aromatic hydroxyl groups is 1. The number of nitrogens with two attached hydrogens (primary N) is 1. The number of nitrogen functional groups attached to an aromatic ring is 1. The molecule has 4 N–H and O–H groups in total. The second-order valence-electron chi connectivity index (χ2n) is 6.21. The van der Waals surface area contributed by atoms with E-state index < -0.39 is 10.0 Å². The van der Waals surface area contributed by atoms with Gasteiger partial charge in [-0.3, -0.25) is 0 Å². The summed E-state index contributed by atoms with van der Waals surface area (Å²) < 4.78 is 27.7. The van der Waals surface area contributed by atoms with E-state index in [1.807, 2.05) is 19.9 Å². The summed E-state index contributed by atoms with van der Waals surface area (Å²) in [7, 11) is -3.85. The van der Waals surface area contributed by atoms with E-state index in [4.69, 9.17) is 5.73 Å². The van der Waals surface area contributed by atoms with Crippen LogP contribution in [0.15, 0.2) is 53.4 Å². The molecular weight excluding hydrogens is 376 g/mol. The first-order valence-electron chi connectivity index (χ1n) is 8.92. The Bertz CT molecular complexity index is 1070. The highest BCUT2D eigenvalue weighted by Crippen LogP contribution is 2.34. The molecule has 0 aliphatic carbocycles. The van der Waals surface area contributed by atoms with Crippen molar-refractivity contribution in [3.63, 3.8) is 0 Å². The number of phenols is 1. The van der Waals surface area contributed by atoms with Crippen molar-refractivity contribution in [1.82, 2.24) is 9.97 Å². The minimum absolute atomic E-state index is 0.00435. The molecular formula is C20H22N4O3S. The molecule has 1 heterocycles. The molecule has 0 fully saturated rings. The fourth-order valence-corrected chi connectivity index (χ4v) is 3.88. The Balaban J connectivity index is 2.07. The third kappa shape index (κ3) is 3.91. The second-order valence-corrected chi connectivity index (χ2v) is 7.90. The molecule has 3 aromatic rings. The number of nitrogens with zero attached hydrogens (tertiary/aromatic N) is 2. The van der Waals surface area contributed by atoms with Gasteiger partial charge in [-0.2, -0.15) is 0 Å². The number of nitrogens with one attached hydrogen (secondary N) is 1. The van der Waals surface area contributed by atoms with Crippen molar-refractivity contribution in [3.05, 3.63) is 59.9 Å². The van der Waals surface area contributed by atoms with Crippen LogP contribution in [-0.2, 0) is 22.9 Å². The van der Waals surface area contributed by atoms with Gasteiger partial charge in [-0.05, 0) is 43.2 Å². The molecule has 0 bridgehead atoms. The van der Waals surface area contributed by atoms with Gasteiger partial charge in [0.05, 0.1) is 16.3 Å². The average Bonchev–Trinajstić information content (AvgIpc) is 2.68. The van der Waals surface area contributed by atoms with Gasteiger partial charge >= 0.3 is 0 Å². The van der Waals surface area contributed by atoms with Crippen LogP contribution in [0.1, 0.15) is 25.2 Å². The maximum Gasteiger partial charge on any atom is 0.264 e. The van der Waals surface area contributed by atoms with E-state index in [2.05, 4.69) is 14.7 Å². The van der Waals surface area contributed by atoms with Crippen molar-refractivity contribution >= 4 is 21.7 Å².